The number of nitrogens with zero attached hydrogens (tertiary/aromatic N) is 3. The molecule has 0 saturated carbocycles. The van der Waals surface area contributed by atoms with Gasteiger partial charge in [-0.1, -0.05) is 6.92 Å². The Balaban J connectivity index is 1.73. The predicted molar refractivity (Wildman–Crippen MR) is 130 cm³/mol. The molecule has 2 N–H and O–H groups in total. The highest BCUT2D eigenvalue weighted by Crippen LogP contribution is 2.38. The molecule has 190 valence electrons. The molecule has 4 heterocycles. The molecule has 11 heteroatoms. The SMILES string of the molecule is CCCNc1cc(C(F)F)c(-c2sc(C(=O)NC3CCOCC3)nc2C(=O)N2CCCC2C)cn1. The fourth-order valence-corrected chi connectivity index (χ4v) is 5.39. The molecule has 2 aromatic heterocycles. The van der Waals surface area contributed by atoms with Crippen molar-refractivity contribution in [3.05, 3.63) is 28.5 Å². The number of hydrogen-bond acceptors (Lipinski definition) is 7. The van der Waals surface area contributed by atoms with Gasteiger partial charge in [0.15, 0.2) is 5.01 Å². The number of nitrogens with one attached hydrogen (secondary N) is 2. The molecule has 2 saturated heterocycles. The van der Waals surface area contributed by atoms with Gasteiger partial charge in [-0.15, -0.1) is 11.3 Å². The second-order valence-electron chi connectivity index (χ2n) is 8.93. The Kier molecular flexibility index (Phi) is 8.27. The van der Waals surface area contributed by atoms with Crippen LogP contribution in [0.4, 0.5) is 14.6 Å². The normalized spacial score (nSPS) is 18.8. The molecule has 0 spiro atoms. The summed E-state index contributed by atoms with van der Waals surface area (Å²) in [6.45, 7) is 6.22. The summed E-state index contributed by atoms with van der Waals surface area (Å²) in [5, 5.41) is 6.04. The molecule has 2 aliphatic rings. The van der Waals surface area contributed by atoms with Gasteiger partial charge in [-0.25, -0.2) is 18.7 Å². The summed E-state index contributed by atoms with van der Waals surface area (Å²) >= 11 is 0.957. The standard InChI is InChI=1S/C24H31F2N5O3S/c1-3-8-27-18-12-16(21(25)26)17(13-28-18)20-19(24(33)31-9-4-5-14(31)2)30-23(35-20)22(32)29-15-6-10-34-11-7-15/h12-15,21H,3-11H2,1-2H3,(H,27,28)(H,29,32). The van der Waals surface area contributed by atoms with Gasteiger partial charge in [0.05, 0.1) is 4.88 Å². The summed E-state index contributed by atoms with van der Waals surface area (Å²) in [4.78, 5) is 37.1. The molecule has 2 aromatic rings. The average Bonchev–Trinajstić information content (AvgIpc) is 3.49. The van der Waals surface area contributed by atoms with Crippen LogP contribution in [-0.4, -0.2) is 65.1 Å². The zero-order valence-electron chi connectivity index (χ0n) is 20.0. The van der Waals surface area contributed by atoms with Gasteiger partial charge in [0.2, 0.25) is 0 Å². The maximum Gasteiger partial charge on any atom is 0.280 e. The van der Waals surface area contributed by atoms with E-state index < -0.39 is 12.3 Å². The fourth-order valence-electron chi connectivity index (χ4n) is 4.40. The lowest BCUT2D eigenvalue weighted by atomic mass is 10.1. The number of anilines is 1. The zero-order chi connectivity index (χ0) is 24.9. The number of likely N-dealkylation sites (tertiary alicyclic amines) is 1. The van der Waals surface area contributed by atoms with Gasteiger partial charge in [-0.2, -0.15) is 0 Å². The molecule has 0 bridgehead atoms. The van der Waals surface area contributed by atoms with E-state index in [1.54, 1.807) is 4.90 Å². The summed E-state index contributed by atoms with van der Waals surface area (Å²) in [6.07, 6.45) is 2.48. The number of amides is 2. The minimum atomic E-state index is -2.79. The Morgan fingerprint density at radius 1 is 1.29 bits per heavy atom. The molecule has 8 nitrogen and oxygen atoms in total. The van der Waals surface area contributed by atoms with Gasteiger partial charge < -0.3 is 20.3 Å². The molecule has 1 unspecified atom stereocenters. The van der Waals surface area contributed by atoms with E-state index in [1.807, 2.05) is 13.8 Å². The molecule has 0 aromatic carbocycles. The van der Waals surface area contributed by atoms with Crippen molar-refractivity contribution in [1.82, 2.24) is 20.2 Å². The maximum absolute atomic E-state index is 14.1. The van der Waals surface area contributed by atoms with Gasteiger partial charge in [0, 0.05) is 55.7 Å². The number of ether oxygens (including phenoxy) is 1. The highest BCUT2D eigenvalue weighted by molar-refractivity contribution is 7.17. The summed E-state index contributed by atoms with van der Waals surface area (Å²) in [5.41, 5.74) is -0.0964. The second-order valence-corrected chi connectivity index (χ2v) is 9.93. The van der Waals surface area contributed by atoms with Crippen LogP contribution in [-0.2, 0) is 4.74 Å². The third-order valence-electron chi connectivity index (χ3n) is 6.37. The van der Waals surface area contributed by atoms with Crippen molar-refractivity contribution in [3.63, 3.8) is 0 Å². The lowest BCUT2D eigenvalue weighted by molar-refractivity contribution is 0.0696. The first-order valence-corrected chi connectivity index (χ1v) is 12.9. The lowest BCUT2D eigenvalue weighted by Crippen LogP contribution is -2.39. The van der Waals surface area contributed by atoms with Crippen molar-refractivity contribution < 1.29 is 23.1 Å². The molecular weight excluding hydrogens is 476 g/mol. The summed E-state index contributed by atoms with van der Waals surface area (Å²) in [5.74, 6) is -0.418. The molecular formula is C24H31F2N5O3S. The van der Waals surface area contributed by atoms with E-state index in [4.69, 9.17) is 4.74 Å². The van der Waals surface area contributed by atoms with Crippen LogP contribution in [0.5, 0.6) is 0 Å². The first-order chi connectivity index (χ1) is 16.9. The van der Waals surface area contributed by atoms with Gasteiger partial charge >= 0.3 is 0 Å². The smallest absolute Gasteiger partial charge is 0.280 e. The summed E-state index contributed by atoms with van der Waals surface area (Å²) < 4.78 is 33.6. The molecule has 1 atom stereocenters. The molecule has 35 heavy (non-hydrogen) atoms. The monoisotopic (exact) mass is 507 g/mol. The van der Waals surface area contributed by atoms with Crippen LogP contribution in [0.1, 0.15) is 78.2 Å². The minimum Gasteiger partial charge on any atom is -0.381 e. The van der Waals surface area contributed by atoms with E-state index in [0.29, 0.717) is 45.0 Å². The minimum absolute atomic E-state index is 0.0184. The van der Waals surface area contributed by atoms with E-state index in [0.717, 1.165) is 30.6 Å². The third kappa shape index (κ3) is 5.78. The van der Waals surface area contributed by atoms with Crippen LogP contribution in [0, 0.1) is 0 Å². The first kappa shape index (κ1) is 25.4. The number of carbonyl (C=O) groups is 2. The molecule has 2 fully saturated rings. The van der Waals surface area contributed by atoms with E-state index in [9.17, 15) is 18.4 Å². The van der Waals surface area contributed by atoms with Crippen LogP contribution in [0.15, 0.2) is 12.3 Å². The molecule has 2 aliphatic heterocycles. The molecule has 0 aliphatic carbocycles. The van der Waals surface area contributed by atoms with Crippen molar-refractivity contribution in [3.8, 4) is 10.4 Å². The zero-order valence-corrected chi connectivity index (χ0v) is 20.8. The number of carbonyl (C=O) groups excluding carboxylic acids is 2. The Hall–Kier alpha value is -2.66. The number of alkyl halides is 2. The summed E-state index contributed by atoms with van der Waals surface area (Å²) in [7, 11) is 0. The van der Waals surface area contributed by atoms with E-state index in [-0.39, 0.29) is 44.7 Å². The van der Waals surface area contributed by atoms with Crippen LogP contribution in [0.2, 0.25) is 0 Å². The average molecular weight is 508 g/mol. The first-order valence-electron chi connectivity index (χ1n) is 12.1. The van der Waals surface area contributed by atoms with E-state index in [1.165, 1.54) is 12.3 Å². The Morgan fingerprint density at radius 3 is 2.71 bits per heavy atom. The predicted octanol–water partition coefficient (Wildman–Crippen LogP) is 4.50. The van der Waals surface area contributed by atoms with Gasteiger partial charge in [-0.05, 0) is 45.1 Å². The van der Waals surface area contributed by atoms with Crippen molar-refractivity contribution >= 4 is 29.0 Å². The maximum atomic E-state index is 14.1. The van der Waals surface area contributed by atoms with Crippen LogP contribution >= 0.6 is 11.3 Å². The van der Waals surface area contributed by atoms with Crippen LogP contribution in [0.3, 0.4) is 0 Å². The van der Waals surface area contributed by atoms with Gasteiger partial charge in [0.1, 0.15) is 11.5 Å². The number of halogens is 2. The number of rotatable bonds is 8. The van der Waals surface area contributed by atoms with Gasteiger partial charge in [0.25, 0.3) is 18.2 Å². The highest BCUT2D eigenvalue weighted by Gasteiger charge is 2.33. The highest BCUT2D eigenvalue weighted by atomic mass is 32.1. The Morgan fingerprint density at radius 2 is 2.06 bits per heavy atom. The van der Waals surface area contributed by atoms with Crippen molar-refractivity contribution in [2.24, 2.45) is 0 Å². The third-order valence-corrected chi connectivity index (χ3v) is 7.45. The molecule has 0 radical (unpaired) electrons. The van der Waals surface area contributed by atoms with Crippen molar-refractivity contribution in [1.29, 1.82) is 0 Å². The molecule has 4 rings (SSSR count). The quantitative estimate of drug-likeness (QED) is 0.546. The number of aromatic nitrogens is 2. The summed E-state index contributed by atoms with van der Waals surface area (Å²) in [6, 6.07) is 1.28. The topological polar surface area (TPSA) is 96.4 Å². The van der Waals surface area contributed by atoms with Crippen LogP contribution < -0.4 is 10.6 Å². The van der Waals surface area contributed by atoms with E-state index in [2.05, 4.69) is 20.6 Å². The largest absolute Gasteiger partial charge is 0.381 e. The van der Waals surface area contributed by atoms with E-state index >= 15 is 0 Å². The van der Waals surface area contributed by atoms with Crippen LogP contribution in [0.25, 0.3) is 10.4 Å². The number of thiazole rings is 1. The molecule has 2 amide bonds. The van der Waals surface area contributed by atoms with Crippen molar-refractivity contribution in [2.45, 2.75) is 64.5 Å². The second kappa shape index (κ2) is 11.4. The van der Waals surface area contributed by atoms with Crippen molar-refractivity contribution in [2.75, 3.05) is 31.6 Å². The van der Waals surface area contributed by atoms with Gasteiger partial charge in [-0.3, -0.25) is 9.59 Å². The number of hydrogen-bond donors (Lipinski definition) is 2. The fraction of sp³-hybridized carbons (Fsp3) is 0.583. The lowest BCUT2D eigenvalue weighted by Gasteiger charge is -2.22. The Labute approximate surface area is 207 Å². The number of pyridine rings is 1. The Bertz CT molecular complexity index is 1060.